The number of para-hydroxylation sites is 1. The van der Waals surface area contributed by atoms with Gasteiger partial charge in [0.2, 0.25) is 12.1 Å². The standard InChI is InChI=1S/C29H34F3N3O3/c1-4-5-16-28(2,38)22(17-18-10-11-18)26(36)34-25-27(37)35(3)23-9-7-6-8-21(23)24(33-25)19-12-14-20(15-13-19)29(30,31)32/h6-9,12-15,18,22,25,38H,4-5,10-11,16-17H2,1-3H3,(H,34,36)/t22-,25+,28-/m0/s1. The third kappa shape index (κ3) is 6.09. The summed E-state index contributed by atoms with van der Waals surface area (Å²) in [5, 5.41) is 14.0. The summed E-state index contributed by atoms with van der Waals surface area (Å²) in [5.41, 5.74) is -0.266. The van der Waals surface area contributed by atoms with E-state index in [1.165, 1.54) is 17.0 Å². The van der Waals surface area contributed by atoms with E-state index in [1.807, 2.05) is 6.92 Å². The van der Waals surface area contributed by atoms with Crippen LogP contribution in [0, 0.1) is 11.8 Å². The van der Waals surface area contributed by atoms with Gasteiger partial charge in [0.05, 0.1) is 28.5 Å². The Morgan fingerprint density at radius 1 is 1.16 bits per heavy atom. The Balaban J connectivity index is 1.71. The molecule has 0 saturated heterocycles. The van der Waals surface area contributed by atoms with Gasteiger partial charge in [0.15, 0.2) is 0 Å². The molecule has 0 spiro atoms. The van der Waals surface area contributed by atoms with E-state index in [0.717, 1.165) is 37.8 Å². The van der Waals surface area contributed by atoms with Crippen LogP contribution in [-0.2, 0) is 15.8 Å². The number of fused-ring (bicyclic) bond motifs is 1. The number of halogens is 3. The molecule has 1 saturated carbocycles. The van der Waals surface area contributed by atoms with E-state index in [0.29, 0.717) is 41.3 Å². The maximum absolute atomic E-state index is 13.6. The fraction of sp³-hybridized carbons (Fsp3) is 0.483. The zero-order valence-electron chi connectivity index (χ0n) is 21.9. The Hall–Kier alpha value is -3.20. The fourth-order valence-electron chi connectivity index (χ4n) is 4.94. The van der Waals surface area contributed by atoms with Crippen molar-refractivity contribution in [2.45, 2.75) is 70.3 Å². The predicted octanol–water partition coefficient (Wildman–Crippen LogP) is 5.32. The molecule has 1 fully saturated rings. The molecular formula is C29H34F3N3O3. The maximum atomic E-state index is 13.6. The van der Waals surface area contributed by atoms with Crippen LogP contribution >= 0.6 is 0 Å². The molecular weight excluding hydrogens is 495 g/mol. The van der Waals surface area contributed by atoms with Crippen LogP contribution in [-0.4, -0.2) is 41.4 Å². The third-order valence-corrected chi connectivity index (χ3v) is 7.48. The van der Waals surface area contributed by atoms with Crippen LogP contribution in [0.2, 0.25) is 0 Å². The first kappa shape index (κ1) is 27.8. The number of benzene rings is 2. The number of rotatable bonds is 9. The lowest BCUT2D eigenvalue weighted by Gasteiger charge is -2.33. The van der Waals surface area contributed by atoms with Crippen molar-refractivity contribution in [3.05, 3.63) is 65.2 Å². The average Bonchev–Trinajstić information content (AvgIpc) is 3.72. The minimum atomic E-state index is -4.49. The lowest BCUT2D eigenvalue weighted by atomic mass is 9.80. The molecule has 0 aromatic heterocycles. The van der Waals surface area contributed by atoms with Crippen LogP contribution in [0.5, 0.6) is 0 Å². The molecule has 0 radical (unpaired) electrons. The van der Waals surface area contributed by atoms with Crippen molar-refractivity contribution in [2.24, 2.45) is 16.8 Å². The lowest BCUT2D eigenvalue weighted by Crippen LogP contribution is -2.52. The zero-order valence-corrected chi connectivity index (χ0v) is 21.9. The number of unbranched alkanes of at least 4 members (excludes halogenated alkanes) is 1. The van der Waals surface area contributed by atoms with Gasteiger partial charge in [-0.2, -0.15) is 13.2 Å². The van der Waals surface area contributed by atoms with E-state index in [1.54, 1.807) is 38.2 Å². The number of carbonyl (C=O) groups excluding carboxylic acids is 2. The van der Waals surface area contributed by atoms with Crippen molar-refractivity contribution in [1.29, 1.82) is 0 Å². The van der Waals surface area contributed by atoms with Crippen molar-refractivity contribution >= 4 is 23.2 Å². The molecule has 1 aliphatic carbocycles. The minimum absolute atomic E-state index is 0.300. The summed E-state index contributed by atoms with van der Waals surface area (Å²) in [6, 6.07) is 11.6. The monoisotopic (exact) mass is 529 g/mol. The smallest absolute Gasteiger partial charge is 0.389 e. The molecule has 204 valence electrons. The largest absolute Gasteiger partial charge is 0.416 e. The molecule has 2 aromatic rings. The summed E-state index contributed by atoms with van der Waals surface area (Å²) in [5.74, 6) is -1.28. The molecule has 1 heterocycles. The summed E-state index contributed by atoms with van der Waals surface area (Å²) >= 11 is 0. The number of likely N-dealkylation sites (N-methyl/N-ethyl adjacent to an activating group) is 1. The topological polar surface area (TPSA) is 82.0 Å². The summed E-state index contributed by atoms with van der Waals surface area (Å²) in [6.45, 7) is 3.68. The number of nitrogens with zero attached hydrogens (tertiary/aromatic N) is 2. The molecule has 2 aliphatic rings. The van der Waals surface area contributed by atoms with Gasteiger partial charge in [0.25, 0.3) is 5.91 Å². The highest BCUT2D eigenvalue weighted by Crippen LogP contribution is 2.40. The van der Waals surface area contributed by atoms with Gasteiger partial charge in [-0.25, -0.2) is 4.99 Å². The van der Waals surface area contributed by atoms with E-state index in [4.69, 9.17) is 0 Å². The van der Waals surface area contributed by atoms with Gasteiger partial charge in [-0.3, -0.25) is 9.59 Å². The van der Waals surface area contributed by atoms with E-state index < -0.39 is 41.2 Å². The van der Waals surface area contributed by atoms with Crippen LogP contribution in [0.3, 0.4) is 0 Å². The summed E-state index contributed by atoms with van der Waals surface area (Å²) in [6.07, 6.45) is -1.17. The molecule has 3 atom stereocenters. The predicted molar refractivity (Wildman–Crippen MR) is 140 cm³/mol. The molecule has 0 unspecified atom stereocenters. The number of hydrogen-bond donors (Lipinski definition) is 2. The van der Waals surface area contributed by atoms with Gasteiger partial charge in [-0.15, -0.1) is 0 Å². The van der Waals surface area contributed by atoms with E-state index in [-0.39, 0.29) is 0 Å². The molecule has 4 rings (SSSR count). The Bertz CT molecular complexity index is 1200. The molecule has 2 amide bonds. The number of nitrogens with one attached hydrogen (secondary N) is 1. The highest BCUT2D eigenvalue weighted by Gasteiger charge is 2.42. The van der Waals surface area contributed by atoms with Crippen LogP contribution in [0.4, 0.5) is 18.9 Å². The first-order valence-corrected chi connectivity index (χ1v) is 13.1. The SMILES string of the molecule is CCCC[C@](C)(O)[C@@H](CC1CC1)C(=O)N[C@H]1N=C(c2ccc(C(F)(F)F)cc2)c2ccccc2N(C)C1=O. The Kier molecular flexibility index (Phi) is 7.97. The van der Waals surface area contributed by atoms with Crippen LogP contribution in [0.1, 0.15) is 69.1 Å². The molecule has 9 heteroatoms. The Morgan fingerprint density at radius 3 is 2.42 bits per heavy atom. The highest BCUT2D eigenvalue weighted by atomic mass is 19.4. The first-order valence-electron chi connectivity index (χ1n) is 13.1. The third-order valence-electron chi connectivity index (χ3n) is 7.48. The van der Waals surface area contributed by atoms with Crippen LogP contribution < -0.4 is 10.2 Å². The van der Waals surface area contributed by atoms with Gasteiger partial charge in [-0.05, 0) is 43.9 Å². The number of aliphatic imine (C=N–C) groups is 1. The Labute approximate surface area is 220 Å². The quantitative estimate of drug-likeness (QED) is 0.461. The fourth-order valence-corrected chi connectivity index (χ4v) is 4.94. The first-order chi connectivity index (χ1) is 17.9. The number of aliphatic hydroxyl groups is 1. The van der Waals surface area contributed by atoms with E-state index >= 15 is 0 Å². The van der Waals surface area contributed by atoms with Crippen molar-refractivity contribution in [1.82, 2.24) is 5.32 Å². The van der Waals surface area contributed by atoms with Gasteiger partial charge in [0, 0.05) is 18.2 Å². The van der Waals surface area contributed by atoms with Crippen molar-refractivity contribution in [3.63, 3.8) is 0 Å². The van der Waals surface area contributed by atoms with Crippen molar-refractivity contribution in [2.75, 3.05) is 11.9 Å². The second-order valence-corrected chi connectivity index (χ2v) is 10.6. The summed E-state index contributed by atoms with van der Waals surface area (Å²) in [4.78, 5) is 33.1. The van der Waals surface area contributed by atoms with Gasteiger partial charge >= 0.3 is 6.18 Å². The average molecular weight is 530 g/mol. The Morgan fingerprint density at radius 2 is 1.82 bits per heavy atom. The van der Waals surface area contributed by atoms with Crippen molar-refractivity contribution in [3.8, 4) is 0 Å². The molecule has 1 aliphatic heterocycles. The zero-order chi connectivity index (χ0) is 27.7. The van der Waals surface area contributed by atoms with Gasteiger partial charge in [0.1, 0.15) is 0 Å². The van der Waals surface area contributed by atoms with E-state index in [2.05, 4.69) is 10.3 Å². The lowest BCUT2D eigenvalue weighted by molar-refractivity contribution is -0.138. The molecule has 2 aromatic carbocycles. The minimum Gasteiger partial charge on any atom is -0.389 e. The number of alkyl halides is 3. The second-order valence-electron chi connectivity index (χ2n) is 10.6. The molecule has 0 bridgehead atoms. The molecule has 6 nitrogen and oxygen atoms in total. The van der Waals surface area contributed by atoms with E-state index in [9.17, 15) is 27.9 Å². The van der Waals surface area contributed by atoms with Crippen molar-refractivity contribution < 1.29 is 27.9 Å². The van der Waals surface area contributed by atoms with Crippen LogP contribution in [0.15, 0.2) is 53.5 Å². The second kappa shape index (κ2) is 10.9. The number of amides is 2. The summed E-state index contributed by atoms with van der Waals surface area (Å²) in [7, 11) is 1.57. The summed E-state index contributed by atoms with van der Waals surface area (Å²) < 4.78 is 39.5. The number of benzodiazepines with no additional fused rings is 1. The molecule has 38 heavy (non-hydrogen) atoms. The van der Waals surface area contributed by atoms with Gasteiger partial charge in [-0.1, -0.05) is 62.9 Å². The van der Waals surface area contributed by atoms with Crippen LogP contribution in [0.25, 0.3) is 0 Å². The normalized spacial score (nSPS) is 20.2. The number of anilines is 1. The number of hydrogen-bond acceptors (Lipinski definition) is 4. The molecule has 2 N–H and O–H groups in total. The highest BCUT2D eigenvalue weighted by molar-refractivity contribution is 6.20. The van der Waals surface area contributed by atoms with Gasteiger partial charge < -0.3 is 15.3 Å². The maximum Gasteiger partial charge on any atom is 0.416 e. The number of carbonyl (C=O) groups is 2.